The van der Waals surface area contributed by atoms with Crippen molar-refractivity contribution in [1.29, 1.82) is 0 Å². The Bertz CT molecular complexity index is 492. The third-order valence-electron chi connectivity index (χ3n) is 5.23. The molecule has 118 valence electrons. The standard InChI is InChI=1S/C18H28BrNO/c1-13-12-16(19)14(2)15(17(13)21-3)6-9-18(10-11-20)7-4-5-8-18/h12H,4-11,20H2,1-3H3. The molecule has 1 aromatic rings. The fourth-order valence-corrected chi connectivity index (χ4v) is 4.53. The number of hydrogen-bond donors (Lipinski definition) is 1. The Labute approximate surface area is 137 Å². The van der Waals surface area contributed by atoms with E-state index in [1.807, 2.05) is 0 Å². The van der Waals surface area contributed by atoms with E-state index in [9.17, 15) is 0 Å². The van der Waals surface area contributed by atoms with Crippen LogP contribution in [0.1, 0.15) is 55.2 Å². The van der Waals surface area contributed by atoms with Crippen LogP contribution in [-0.4, -0.2) is 13.7 Å². The molecule has 1 aliphatic carbocycles. The van der Waals surface area contributed by atoms with Crippen molar-refractivity contribution in [2.45, 2.75) is 58.8 Å². The third kappa shape index (κ3) is 3.62. The quantitative estimate of drug-likeness (QED) is 0.787. The van der Waals surface area contributed by atoms with Crippen molar-refractivity contribution in [2.24, 2.45) is 11.1 Å². The van der Waals surface area contributed by atoms with Gasteiger partial charge in [-0.05, 0) is 80.7 Å². The topological polar surface area (TPSA) is 35.2 Å². The summed E-state index contributed by atoms with van der Waals surface area (Å²) in [6.07, 6.45) is 8.92. The van der Waals surface area contributed by atoms with Crippen molar-refractivity contribution in [1.82, 2.24) is 0 Å². The maximum Gasteiger partial charge on any atom is 0.125 e. The van der Waals surface area contributed by atoms with Gasteiger partial charge < -0.3 is 10.5 Å². The molecule has 1 aromatic carbocycles. The third-order valence-corrected chi connectivity index (χ3v) is 6.06. The molecular weight excluding hydrogens is 326 g/mol. The molecule has 0 unspecified atom stereocenters. The lowest BCUT2D eigenvalue weighted by atomic mass is 9.77. The monoisotopic (exact) mass is 353 g/mol. The Hall–Kier alpha value is -0.540. The molecule has 0 aromatic heterocycles. The molecule has 0 heterocycles. The minimum atomic E-state index is 0.475. The molecule has 0 spiro atoms. The lowest BCUT2D eigenvalue weighted by molar-refractivity contribution is 0.252. The lowest BCUT2D eigenvalue weighted by Crippen LogP contribution is -2.22. The van der Waals surface area contributed by atoms with Crippen molar-refractivity contribution >= 4 is 15.9 Å². The fraction of sp³-hybridized carbons (Fsp3) is 0.667. The van der Waals surface area contributed by atoms with Crippen LogP contribution < -0.4 is 10.5 Å². The van der Waals surface area contributed by atoms with E-state index in [0.29, 0.717) is 5.41 Å². The maximum absolute atomic E-state index is 5.86. The summed E-state index contributed by atoms with van der Waals surface area (Å²) in [5, 5.41) is 0. The van der Waals surface area contributed by atoms with Crippen LogP contribution >= 0.6 is 15.9 Å². The summed E-state index contributed by atoms with van der Waals surface area (Å²) in [5.41, 5.74) is 10.2. The second kappa shape index (κ2) is 7.15. The predicted molar refractivity (Wildman–Crippen MR) is 93.1 cm³/mol. The van der Waals surface area contributed by atoms with Gasteiger partial charge in [-0.15, -0.1) is 0 Å². The van der Waals surface area contributed by atoms with Gasteiger partial charge in [-0.2, -0.15) is 0 Å². The number of aryl methyl sites for hydroxylation is 1. The fourth-order valence-electron chi connectivity index (χ4n) is 3.95. The molecule has 0 radical (unpaired) electrons. The summed E-state index contributed by atoms with van der Waals surface area (Å²) in [6, 6.07) is 2.16. The highest BCUT2D eigenvalue weighted by molar-refractivity contribution is 9.10. The average Bonchev–Trinajstić information content (AvgIpc) is 2.90. The highest BCUT2D eigenvalue weighted by Gasteiger charge is 2.33. The molecule has 0 aliphatic heterocycles. The smallest absolute Gasteiger partial charge is 0.125 e. The van der Waals surface area contributed by atoms with Crippen molar-refractivity contribution in [3.05, 3.63) is 27.2 Å². The van der Waals surface area contributed by atoms with E-state index in [1.165, 1.54) is 59.7 Å². The number of rotatable bonds is 6. The van der Waals surface area contributed by atoms with Gasteiger partial charge in [0.25, 0.3) is 0 Å². The average molecular weight is 354 g/mol. The zero-order chi connectivity index (χ0) is 15.5. The van der Waals surface area contributed by atoms with E-state index in [2.05, 4.69) is 35.8 Å². The van der Waals surface area contributed by atoms with Gasteiger partial charge in [-0.1, -0.05) is 28.8 Å². The van der Waals surface area contributed by atoms with Crippen molar-refractivity contribution in [3.8, 4) is 5.75 Å². The highest BCUT2D eigenvalue weighted by Crippen LogP contribution is 2.45. The largest absolute Gasteiger partial charge is 0.496 e. The summed E-state index contributed by atoms with van der Waals surface area (Å²) in [5.74, 6) is 1.07. The molecule has 0 bridgehead atoms. The number of nitrogens with two attached hydrogens (primary N) is 1. The first-order valence-corrected chi connectivity index (χ1v) is 8.85. The van der Waals surface area contributed by atoms with E-state index in [0.717, 1.165) is 18.7 Å². The highest BCUT2D eigenvalue weighted by atomic mass is 79.9. The SMILES string of the molecule is COc1c(C)cc(Br)c(C)c1CCC1(CCN)CCCC1. The molecule has 2 N–H and O–H groups in total. The van der Waals surface area contributed by atoms with Crippen molar-refractivity contribution < 1.29 is 4.74 Å². The second-order valence-electron chi connectivity index (χ2n) is 6.56. The zero-order valence-electron chi connectivity index (χ0n) is 13.6. The van der Waals surface area contributed by atoms with Gasteiger partial charge in [-0.3, -0.25) is 0 Å². The molecule has 0 amide bonds. The second-order valence-corrected chi connectivity index (χ2v) is 7.41. The molecule has 21 heavy (non-hydrogen) atoms. The van der Waals surface area contributed by atoms with Crippen molar-refractivity contribution in [3.63, 3.8) is 0 Å². The predicted octanol–water partition coefficient (Wildman–Crippen LogP) is 4.92. The first-order chi connectivity index (χ1) is 10.0. The van der Waals surface area contributed by atoms with Crippen LogP contribution in [0.15, 0.2) is 10.5 Å². The molecule has 0 atom stereocenters. The number of hydrogen-bond acceptors (Lipinski definition) is 2. The molecule has 1 saturated carbocycles. The molecule has 3 heteroatoms. The van der Waals surface area contributed by atoms with Gasteiger partial charge in [0, 0.05) is 4.47 Å². The van der Waals surface area contributed by atoms with Gasteiger partial charge in [0.05, 0.1) is 7.11 Å². The summed E-state index contributed by atoms with van der Waals surface area (Å²) in [4.78, 5) is 0. The Balaban J connectivity index is 2.23. The van der Waals surface area contributed by atoms with E-state index in [4.69, 9.17) is 10.5 Å². The Morgan fingerprint density at radius 1 is 1.24 bits per heavy atom. The van der Waals surface area contributed by atoms with Crippen LogP contribution in [-0.2, 0) is 6.42 Å². The van der Waals surface area contributed by atoms with Crippen LogP contribution in [0, 0.1) is 19.3 Å². The molecule has 1 aliphatic rings. The minimum Gasteiger partial charge on any atom is -0.496 e. The van der Waals surface area contributed by atoms with Crippen LogP contribution in [0.4, 0.5) is 0 Å². The molecule has 1 fully saturated rings. The number of benzene rings is 1. The minimum absolute atomic E-state index is 0.475. The van der Waals surface area contributed by atoms with E-state index in [-0.39, 0.29) is 0 Å². The normalized spacial score (nSPS) is 17.2. The Morgan fingerprint density at radius 3 is 2.48 bits per heavy atom. The number of methoxy groups -OCH3 is 1. The first kappa shape index (κ1) is 16.8. The van der Waals surface area contributed by atoms with Gasteiger partial charge in [0.1, 0.15) is 5.75 Å². The first-order valence-electron chi connectivity index (χ1n) is 8.05. The van der Waals surface area contributed by atoms with Gasteiger partial charge >= 0.3 is 0 Å². The van der Waals surface area contributed by atoms with Gasteiger partial charge in [0.2, 0.25) is 0 Å². The summed E-state index contributed by atoms with van der Waals surface area (Å²) in [7, 11) is 1.78. The number of halogens is 1. The maximum atomic E-state index is 5.86. The summed E-state index contributed by atoms with van der Waals surface area (Å²) in [6.45, 7) is 5.12. The molecule has 0 saturated heterocycles. The van der Waals surface area contributed by atoms with Gasteiger partial charge in [-0.25, -0.2) is 0 Å². The van der Waals surface area contributed by atoms with Gasteiger partial charge in [0.15, 0.2) is 0 Å². The Kier molecular flexibility index (Phi) is 5.73. The lowest BCUT2D eigenvalue weighted by Gasteiger charge is -2.29. The Morgan fingerprint density at radius 2 is 1.90 bits per heavy atom. The van der Waals surface area contributed by atoms with Crippen LogP contribution in [0.3, 0.4) is 0 Å². The zero-order valence-corrected chi connectivity index (χ0v) is 15.2. The summed E-state index contributed by atoms with van der Waals surface area (Å²) < 4.78 is 6.86. The van der Waals surface area contributed by atoms with E-state index >= 15 is 0 Å². The molecule has 2 nitrogen and oxygen atoms in total. The molecule has 2 rings (SSSR count). The molecular formula is C18H28BrNO. The summed E-state index contributed by atoms with van der Waals surface area (Å²) >= 11 is 3.68. The number of ether oxygens (including phenoxy) is 1. The van der Waals surface area contributed by atoms with E-state index in [1.54, 1.807) is 7.11 Å². The van der Waals surface area contributed by atoms with Crippen molar-refractivity contribution in [2.75, 3.05) is 13.7 Å². The van der Waals surface area contributed by atoms with Crippen LogP contribution in [0.5, 0.6) is 5.75 Å². The van der Waals surface area contributed by atoms with Crippen LogP contribution in [0.25, 0.3) is 0 Å². The van der Waals surface area contributed by atoms with E-state index < -0.39 is 0 Å². The van der Waals surface area contributed by atoms with Crippen LogP contribution in [0.2, 0.25) is 0 Å².